The number of nitrogens with one attached hydrogen (secondary N) is 1. The van der Waals surface area contributed by atoms with Gasteiger partial charge < -0.3 is 9.47 Å². The van der Waals surface area contributed by atoms with Crippen LogP contribution >= 0.6 is 0 Å². The van der Waals surface area contributed by atoms with Crippen LogP contribution in [0.4, 0.5) is 8.78 Å². The van der Waals surface area contributed by atoms with Gasteiger partial charge in [-0.2, -0.15) is 0 Å². The summed E-state index contributed by atoms with van der Waals surface area (Å²) in [5.74, 6) is -1.82. The van der Waals surface area contributed by atoms with Gasteiger partial charge in [0.1, 0.15) is 22.4 Å². The van der Waals surface area contributed by atoms with Gasteiger partial charge in [-0.1, -0.05) is 49.4 Å². The molecule has 0 aliphatic carbocycles. The SMILES string of the molecule is CCCNS(=O)(=O)c1cc(C(=O)N2CCC(CCN3[C@@H]4CC[C@H]3C[C@@H](n3c(C)nc5ccccc53)C4)(c3ccccc3)CC2)c(F)cc1F. The molecule has 4 aromatic rings. The Morgan fingerprint density at radius 3 is 2.31 bits per heavy atom. The molecule has 7 rings (SSSR count). The second-order valence-corrected chi connectivity index (χ2v) is 15.8. The van der Waals surface area contributed by atoms with Crippen LogP contribution in [0.5, 0.6) is 0 Å². The van der Waals surface area contributed by atoms with Gasteiger partial charge in [-0.3, -0.25) is 9.69 Å². The summed E-state index contributed by atoms with van der Waals surface area (Å²) in [6.07, 6.45) is 7.44. The predicted octanol–water partition coefficient (Wildman–Crippen LogP) is 6.74. The van der Waals surface area contributed by atoms with Crippen molar-refractivity contribution in [2.24, 2.45) is 0 Å². The fourth-order valence-electron chi connectivity index (χ4n) is 8.79. The van der Waals surface area contributed by atoms with E-state index in [2.05, 4.69) is 63.6 Å². The van der Waals surface area contributed by atoms with Gasteiger partial charge >= 0.3 is 0 Å². The maximum atomic E-state index is 15.0. The van der Waals surface area contributed by atoms with Crippen molar-refractivity contribution < 1.29 is 22.0 Å². The Bertz CT molecular complexity index is 1930. The highest BCUT2D eigenvalue weighted by Gasteiger charge is 2.44. The Kier molecular flexibility index (Phi) is 9.36. The van der Waals surface area contributed by atoms with Crippen molar-refractivity contribution in [3.8, 4) is 0 Å². The largest absolute Gasteiger partial charge is 0.338 e. The van der Waals surface area contributed by atoms with Crippen LogP contribution < -0.4 is 4.72 Å². The van der Waals surface area contributed by atoms with Gasteiger partial charge in [0.15, 0.2) is 0 Å². The molecular weight excluding hydrogens is 645 g/mol. The third kappa shape index (κ3) is 6.41. The molecule has 3 saturated heterocycles. The first-order valence-corrected chi connectivity index (χ1v) is 19.1. The summed E-state index contributed by atoms with van der Waals surface area (Å²) < 4.78 is 59.8. The molecule has 3 aliphatic rings. The van der Waals surface area contributed by atoms with Crippen molar-refractivity contribution in [3.05, 3.63) is 95.3 Å². The molecule has 3 atom stereocenters. The summed E-state index contributed by atoms with van der Waals surface area (Å²) in [5.41, 5.74) is 2.93. The van der Waals surface area contributed by atoms with E-state index in [1.165, 1.54) is 23.9 Å². The van der Waals surface area contributed by atoms with Crippen LogP contribution in [-0.4, -0.2) is 71.9 Å². The zero-order valence-electron chi connectivity index (χ0n) is 28.2. The van der Waals surface area contributed by atoms with E-state index in [4.69, 9.17) is 4.98 Å². The molecule has 1 amide bonds. The molecule has 11 heteroatoms. The molecule has 2 bridgehead atoms. The number of benzene rings is 3. The summed E-state index contributed by atoms with van der Waals surface area (Å²) in [6, 6.07) is 21.7. The number of likely N-dealkylation sites (tertiary alicyclic amines) is 1. The topological polar surface area (TPSA) is 87.5 Å². The van der Waals surface area contributed by atoms with Crippen molar-refractivity contribution in [3.63, 3.8) is 0 Å². The van der Waals surface area contributed by atoms with E-state index in [0.29, 0.717) is 56.5 Å². The maximum Gasteiger partial charge on any atom is 0.256 e. The predicted molar refractivity (Wildman–Crippen MR) is 186 cm³/mol. The van der Waals surface area contributed by atoms with Crippen LogP contribution in [0.3, 0.4) is 0 Å². The normalized spacial score (nSPS) is 22.5. The zero-order chi connectivity index (χ0) is 34.3. The van der Waals surface area contributed by atoms with E-state index in [9.17, 15) is 17.6 Å². The lowest BCUT2D eigenvalue weighted by Crippen LogP contribution is -2.49. The van der Waals surface area contributed by atoms with Crippen molar-refractivity contribution in [2.45, 2.75) is 93.7 Å². The van der Waals surface area contributed by atoms with Crippen LogP contribution in [0.1, 0.15) is 86.1 Å². The average molecular weight is 690 g/mol. The van der Waals surface area contributed by atoms with E-state index >= 15 is 4.39 Å². The number of sulfonamides is 1. The molecule has 3 aromatic carbocycles. The van der Waals surface area contributed by atoms with E-state index in [0.717, 1.165) is 43.2 Å². The highest BCUT2D eigenvalue weighted by molar-refractivity contribution is 7.89. The number of hydrogen-bond donors (Lipinski definition) is 1. The molecule has 8 nitrogen and oxygen atoms in total. The third-order valence-corrected chi connectivity index (χ3v) is 12.8. The Morgan fingerprint density at radius 1 is 0.939 bits per heavy atom. The zero-order valence-corrected chi connectivity index (χ0v) is 29.1. The van der Waals surface area contributed by atoms with E-state index in [1.54, 1.807) is 11.8 Å². The van der Waals surface area contributed by atoms with Gasteiger partial charge in [-0.15, -0.1) is 0 Å². The van der Waals surface area contributed by atoms with Crippen molar-refractivity contribution in [1.82, 2.24) is 24.1 Å². The number of para-hydroxylation sites is 2. The quantitative estimate of drug-likeness (QED) is 0.199. The molecule has 49 heavy (non-hydrogen) atoms. The second kappa shape index (κ2) is 13.6. The lowest BCUT2D eigenvalue weighted by atomic mass is 9.70. The minimum absolute atomic E-state index is 0.108. The van der Waals surface area contributed by atoms with Gasteiger partial charge in [-0.05, 0) is 94.0 Å². The fraction of sp³-hybridized carbons (Fsp3) is 0.474. The van der Waals surface area contributed by atoms with Crippen molar-refractivity contribution in [1.29, 1.82) is 0 Å². The number of halogens is 2. The highest BCUT2D eigenvalue weighted by atomic mass is 32.2. The van der Waals surface area contributed by atoms with Crippen molar-refractivity contribution in [2.75, 3.05) is 26.2 Å². The molecule has 0 radical (unpaired) electrons. The Balaban J connectivity index is 1.06. The monoisotopic (exact) mass is 689 g/mol. The number of hydrogen-bond acceptors (Lipinski definition) is 5. The molecule has 1 aromatic heterocycles. The number of amides is 1. The first kappa shape index (κ1) is 33.8. The lowest BCUT2D eigenvalue weighted by molar-refractivity contribution is 0.0602. The standard InChI is InChI=1S/C38H45F2N5O3S/c1-3-18-41-49(47,48)36-24-31(32(39)25-33(36)40)37(46)43-19-15-38(16-20-43,27-9-5-4-6-10-27)17-21-44-28-13-14-29(44)23-30(22-28)45-26(2)42-34-11-7-8-12-35(34)45/h4-12,24-25,28-30,41H,3,13-23H2,1-2H3/t28-,29+,30+. The first-order valence-electron chi connectivity index (χ1n) is 17.6. The number of imidazole rings is 1. The number of rotatable bonds is 10. The smallest absolute Gasteiger partial charge is 0.256 e. The first-order chi connectivity index (χ1) is 23.6. The van der Waals surface area contributed by atoms with Crippen LogP contribution in [0.2, 0.25) is 0 Å². The molecule has 1 N–H and O–H groups in total. The van der Waals surface area contributed by atoms with Gasteiger partial charge in [0.25, 0.3) is 5.91 Å². The Hall–Kier alpha value is -3.67. The number of carbonyl (C=O) groups is 1. The molecule has 0 saturated carbocycles. The summed E-state index contributed by atoms with van der Waals surface area (Å²) in [4.78, 5) is 22.1. The Morgan fingerprint density at radius 2 is 1.61 bits per heavy atom. The van der Waals surface area contributed by atoms with Crippen LogP contribution in [0.25, 0.3) is 11.0 Å². The molecule has 260 valence electrons. The van der Waals surface area contributed by atoms with Crippen LogP contribution in [0.15, 0.2) is 71.6 Å². The van der Waals surface area contributed by atoms with E-state index in [1.807, 2.05) is 12.1 Å². The summed E-state index contributed by atoms with van der Waals surface area (Å²) >= 11 is 0. The molecule has 0 unspecified atom stereocenters. The highest BCUT2D eigenvalue weighted by Crippen LogP contribution is 2.45. The van der Waals surface area contributed by atoms with E-state index in [-0.39, 0.29) is 12.0 Å². The van der Waals surface area contributed by atoms with Crippen LogP contribution in [-0.2, 0) is 15.4 Å². The second-order valence-electron chi connectivity index (χ2n) is 14.1. The van der Waals surface area contributed by atoms with E-state index < -0.39 is 38.0 Å². The molecule has 0 spiro atoms. The van der Waals surface area contributed by atoms with Crippen molar-refractivity contribution >= 4 is 27.0 Å². The van der Waals surface area contributed by atoms with Gasteiger partial charge in [0.05, 0.1) is 16.6 Å². The minimum atomic E-state index is -4.23. The average Bonchev–Trinajstić information content (AvgIpc) is 3.56. The maximum absolute atomic E-state index is 15.0. The summed E-state index contributed by atoms with van der Waals surface area (Å²) in [7, 11) is -4.23. The fourth-order valence-corrected chi connectivity index (χ4v) is 10.0. The summed E-state index contributed by atoms with van der Waals surface area (Å²) in [5, 5.41) is 0. The summed E-state index contributed by atoms with van der Waals surface area (Å²) in [6.45, 7) is 5.75. The van der Waals surface area contributed by atoms with Gasteiger partial charge in [0.2, 0.25) is 10.0 Å². The molecule has 4 heterocycles. The number of aromatic nitrogens is 2. The number of aryl methyl sites for hydroxylation is 1. The minimum Gasteiger partial charge on any atom is -0.338 e. The number of carbonyl (C=O) groups excluding carboxylic acids is 1. The molecular formula is C38H45F2N5O3S. The number of nitrogens with zero attached hydrogens (tertiary/aromatic N) is 4. The van der Waals surface area contributed by atoms with Gasteiger partial charge in [-0.25, -0.2) is 26.9 Å². The van der Waals surface area contributed by atoms with Gasteiger partial charge in [0, 0.05) is 43.8 Å². The lowest BCUT2D eigenvalue weighted by Gasteiger charge is -2.45. The number of piperidine rings is 2. The third-order valence-electron chi connectivity index (χ3n) is 11.3. The molecule has 3 aliphatic heterocycles. The number of fused-ring (bicyclic) bond motifs is 3. The van der Waals surface area contributed by atoms with Crippen LogP contribution in [0, 0.1) is 18.6 Å². The molecule has 3 fully saturated rings. The Labute approximate surface area is 287 Å².